The maximum Gasteiger partial charge on any atom is 0.219 e. The van der Waals surface area contributed by atoms with Crippen molar-refractivity contribution >= 4 is 5.91 Å². The van der Waals surface area contributed by atoms with Gasteiger partial charge in [-0.15, -0.1) is 0 Å². The number of carbonyl (C=O) groups excluding carboxylic acids is 1. The highest BCUT2D eigenvalue weighted by Crippen LogP contribution is 2.15. The van der Waals surface area contributed by atoms with Gasteiger partial charge >= 0.3 is 0 Å². The Hall–Kier alpha value is -1.36. The fraction of sp³-hybridized carbons (Fsp3) is 0.636. The zero-order chi connectivity index (χ0) is 11.4. The van der Waals surface area contributed by atoms with Crippen LogP contribution in [0.5, 0.6) is 0 Å². The van der Waals surface area contributed by atoms with Crippen molar-refractivity contribution in [3.8, 4) is 0 Å². The Balaban J connectivity index is 1.89. The molecule has 1 amide bonds. The number of hydrogen-bond acceptors (Lipinski definition) is 3. The van der Waals surface area contributed by atoms with Crippen LogP contribution in [0.2, 0.25) is 0 Å². The van der Waals surface area contributed by atoms with E-state index in [-0.39, 0.29) is 5.91 Å². The second-order valence-electron chi connectivity index (χ2n) is 3.85. The second-order valence-corrected chi connectivity index (χ2v) is 3.85. The molecule has 0 saturated heterocycles. The van der Waals surface area contributed by atoms with Crippen molar-refractivity contribution in [1.82, 2.24) is 15.1 Å². The monoisotopic (exact) mass is 223 g/mol. The van der Waals surface area contributed by atoms with Gasteiger partial charge in [0.25, 0.3) is 0 Å². The van der Waals surface area contributed by atoms with Gasteiger partial charge in [0.05, 0.1) is 26.0 Å². The number of fused-ring (bicyclic) bond motifs is 1. The quantitative estimate of drug-likeness (QED) is 0.808. The van der Waals surface area contributed by atoms with Crippen molar-refractivity contribution in [2.45, 2.75) is 32.9 Å². The largest absolute Gasteiger partial charge is 0.376 e. The predicted molar refractivity (Wildman–Crippen MR) is 58.9 cm³/mol. The summed E-state index contributed by atoms with van der Waals surface area (Å²) in [4.78, 5) is 11.1. The molecule has 5 nitrogen and oxygen atoms in total. The van der Waals surface area contributed by atoms with Crippen molar-refractivity contribution in [3.63, 3.8) is 0 Å². The van der Waals surface area contributed by atoms with Gasteiger partial charge in [0.1, 0.15) is 0 Å². The lowest BCUT2D eigenvalue weighted by Gasteiger charge is -2.14. The van der Waals surface area contributed by atoms with Crippen molar-refractivity contribution in [2.24, 2.45) is 0 Å². The number of nitrogens with one attached hydrogen (secondary N) is 1. The Morgan fingerprint density at radius 1 is 1.69 bits per heavy atom. The van der Waals surface area contributed by atoms with Gasteiger partial charge in [-0.05, 0) is 0 Å². The van der Waals surface area contributed by atoms with Crippen LogP contribution in [0.25, 0.3) is 0 Å². The molecule has 16 heavy (non-hydrogen) atoms. The summed E-state index contributed by atoms with van der Waals surface area (Å²) < 4.78 is 7.31. The topological polar surface area (TPSA) is 56.2 Å². The zero-order valence-corrected chi connectivity index (χ0v) is 9.53. The Morgan fingerprint density at radius 3 is 3.38 bits per heavy atom. The average Bonchev–Trinajstić information content (AvgIpc) is 2.73. The molecule has 0 saturated carbocycles. The van der Waals surface area contributed by atoms with Crippen LogP contribution in [0.1, 0.15) is 24.6 Å². The van der Waals surface area contributed by atoms with Gasteiger partial charge in [-0.25, -0.2) is 0 Å². The lowest BCUT2D eigenvalue weighted by atomic mass is 10.2. The number of carbonyl (C=O) groups is 1. The molecule has 1 N–H and O–H groups in total. The molecule has 0 aromatic carbocycles. The fourth-order valence-corrected chi connectivity index (χ4v) is 1.83. The summed E-state index contributed by atoms with van der Waals surface area (Å²) >= 11 is 0. The number of hydrogen-bond donors (Lipinski definition) is 1. The van der Waals surface area contributed by atoms with E-state index in [4.69, 9.17) is 4.74 Å². The van der Waals surface area contributed by atoms with Gasteiger partial charge in [0.15, 0.2) is 0 Å². The first-order chi connectivity index (χ1) is 7.81. The van der Waals surface area contributed by atoms with Crippen LogP contribution in [-0.2, 0) is 29.1 Å². The minimum Gasteiger partial charge on any atom is -0.376 e. The SMILES string of the molecule is CCC(=O)NCCn1ncc2c1CCOC2. The molecule has 0 aliphatic carbocycles. The number of ether oxygens (including phenoxy) is 1. The first-order valence-corrected chi connectivity index (χ1v) is 5.69. The highest BCUT2D eigenvalue weighted by atomic mass is 16.5. The number of nitrogens with zero attached hydrogens (tertiary/aromatic N) is 2. The van der Waals surface area contributed by atoms with Gasteiger partial charge in [0.2, 0.25) is 5.91 Å². The van der Waals surface area contributed by atoms with Crippen LogP contribution in [-0.4, -0.2) is 28.8 Å². The zero-order valence-electron chi connectivity index (χ0n) is 9.53. The molecule has 1 aliphatic heterocycles. The van der Waals surface area contributed by atoms with E-state index in [0.29, 0.717) is 19.6 Å². The third-order valence-corrected chi connectivity index (χ3v) is 2.74. The standard InChI is InChI=1S/C11H17N3O2/c1-2-11(15)12-4-5-14-10-3-6-16-8-9(10)7-13-14/h7H,2-6,8H2,1H3,(H,12,15). The molecule has 2 heterocycles. The molecule has 0 atom stereocenters. The smallest absolute Gasteiger partial charge is 0.219 e. The number of amides is 1. The molecule has 1 aromatic heterocycles. The van der Waals surface area contributed by atoms with E-state index in [9.17, 15) is 4.79 Å². The minimum absolute atomic E-state index is 0.0874. The maximum absolute atomic E-state index is 11.1. The Bertz CT molecular complexity index is 373. The number of rotatable bonds is 4. The first-order valence-electron chi connectivity index (χ1n) is 5.69. The van der Waals surface area contributed by atoms with E-state index >= 15 is 0 Å². The summed E-state index contributed by atoms with van der Waals surface area (Å²) in [5.74, 6) is 0.0874. The normalized spacial score (nSPS) is 14.6. The summed E-state index contributed by atoms with van der Waals surface area (Å²) in [5, 5.41) is 7.15. The molecule has 0 spiro atoms. The van der Waals surface area contributed by atoms with Crippen molar-refractivity contribution in [3.05, 3.63) is 17.5 Å². The summed E-state index contributed by atoms with van der Waals surface area (Å²) in [5.41, 5.74) is 2.42. The van der Waals surface area contributed by atoms with E-state index < -0.39 is 0 Å². The maximum atomic E-state index is 11.1. The Labute approximate surface area is 94.8 Å². The molecule has 1 aromatic rings. The van der Waals surface area contributed by atoms with E-state index in [2.05, 4.69) is 10.4 Å². The van der Waals surface area contributed by atoms with E-state index in [1.165, 1.54) is 11.3 Å². The molecule has 0 unspecified atom stereocenters. The second kappa shape index (κ2) is 5.12. The average molecular weight is 223 g/mol. The minimum atomic E-state index is 0.0874. The molecule has 0 bridgehead atoms. The van der Waals surface area contributed by atoms with Crippen LogP contribution >= 0.6 is 0 Å². The predicted octanol–water partition coefficient (Wildman–Crippen LogP) is 0.482. The molecule has 88 valence electrons. The van der Waals surface area contributed by atoms with Crippen LogP contribution in [0.15, 0.2) is 6.20 Å². The summed E-state index contributed by atoms with van der Waals surface area (Å²) in [6.45, 7) is 4.65. The van der Waals surface area contributed by atoms with Crippen molar-refractivity contribution in [1.29, 1.82) is 0 Å². The highest BCUT2D eigenvalue weighted by molar-refractivity contribution is 5.75. The Morgan fingerprint density at radius 2 is 2.56 bits per heavy atom. The fourth-order valence-electron chi connectivity index (χ4n) is 1.83. The molecule has 5 heteroatoms. The first kappa shape index (κ1) is 11.1. The van der Waals surface area contributed by atoms with Crippen LogP contribution in [0.4, 0.5) is 0 Å². The summed E-state index contributed by atoms with van der Waals surface area (Å²) in [6.07, 6.45) is 3.30. The van der Waals surface area contributed by atoms with E-state index in [0.717, 1.165) is 19.6 Å². The van der Waals surface area contributed by atoms with Gasteiger partial charge in [-0.3, -0.25) is 9.48 Å². The van der Waals surface area contributed by atoms with Gasteiger partial charge in [-0.2, -0.15) is 5.10 Å². The molecular weight excluding hydrogens is 206 g/mol. The molecule has 0 fully saturated rings. The van der Waals surface area contributed by atoms with Crippen LogP contribution in [0, 0.1) is 0 Å². The lowest BCUT2D eigenvalue weighted by Crippen LogP contribution is -2.27. The van der Waals surface area contributed by atoms with Crippen molar-refractivity contribution < 1.29 is 9.53 Å². The summed E-state index contributed by atoms with van der Waals surface area (Å²) in [6, 6.07) is 0. The third-order valence-electron chi connectivity index (χ3n) is 2.74. The molecule has 0 radical (unpaired) electrons. The van der Waals surface area contributed by atoms with E-state index in [1.54, 1.807) is 0 Å². The Kier molecular flexibility index (Phi) is 3.56. The highest BCUT2D eigenvalue weighted by Gasteiger charge is 2.14. The van der Waals surface area contributed by atoms with Gasteiger partial charge in [-0.1, -0.05) is 6.92 Å². The molecule has 2 rings (SSSR count). The number of aromatic nitrogens is 2. The van der Waals surface area contributed by atoms with Crippen LogP contribution < -0.4 is 5.32 Å². The summed E-state index contributed by atoms with van der Waals surface area (Å²) in [7, 11) is 0. The lowest BCUT2D eigenvalue weighted by molar-refractivity contribution is -0.120. The van der Waals surface area contributed by atoms with Crippen molar-refractivity contribution in [2.75, 3.05) is 13.2 Å². The van der Waals surface area contributed by atoms with Crippen LogP contribution in [0.3, 0.4) is 0 Å². The van der Waals surface area contributed by atoms with Gasteiger partial charge in [0, 0.05) is 30.6 Å². The molecule has 1 aliphatic rings. The van der Waals surface area contributed by atoms with Gasteiger partial charge < -0.3 is 10.1 Å². The molecular formula is C11H17N3O2. The third kappa shape index (κ3) is 2.41. The van der Waals surface area contributed by atoms with E-state index in [1.807, 2.05) is 17.8 Å².